The fraction of sp³-hybridized carbons (Fsp3) is 0.304. The van der Waals surface area contributed by atoms with Gasteiger partial charge in [0.15, 0.2) is 5.13 Å². The summed E-state index contributed by atoms with van der Waals surface area (Å²) in [6.07, 6.45) is 1.57. The molecule has 2 atom stereocenters. The number of hydrogen-bond donors (Lipinski definition) is 1. The van der Waals surface area contributed by atoms with Crippen molar-refractivity contribution in [3.8, 4) is 0 Å². The Balaban J connectivity index is 1.64. The topological polar surface area (TPSA) is 79.4 Å². The summed E-state index contributed by atoms with van der Waals surface area (Å²) in [5.41, 5.74) is 2.70. The van der Waals surface area contributed by atoms with E-state index in [-0.39, 0.29) is 5.92 Å². The first-order chi connectivity index (χ1) is 14.4. The lowest BCUT2D eigenvalue weighted by Crippen LogP contribution is -2.50. The monoisotopic (exact) mass is 421 g/mol. The van der Waals surface area contributed by atoms with Gasteiger partial charge in [-0.15, -0.1) is 0 Å². The molecule has 6 nitrogen and oxygen atoms in total. The van der Waals surface area contributed by atoms with Gasteiger partial charge in [-0.05, 0) is 42.2 Å². The van der Waals surface area contributed by atoms with Crippen LogP contribution in [0.4, 0.5) is 5.13 Å². The van der Waals surface area contributed by atoms with Gasteiger partial charge >= 0.3 is 0 Å². The van der Waals surface area contributed by atoms with Crippen LogP contribution in [0.5, 0.6) is 0 Å². The van der Waals surface area contributed by atoms with Crippen LogP contribution in [0.15, 0.2) is 42.5 Å². The number of aromatic nitrogens is 1. The number of fused-ring (bicyclic) bond motifs is 2. The minimum absolute atomic E-state index is 0.201. The number of nitrogens with zero attached hydrogens (tertiary/aromatic N) is 2. The van der Waals surface area contributed by atoms with Gasteiger partial charge in [-0.1, -0.05) is 56.7 Å². The molecule has 0 radical (unpaired) electrons. The highest BCUT2D eigenvalue weighted by atomic mass is 32.1. The molecule has 0 saturated heterocycles. The number of thiazole rings is 1. The standard InChI is InChI=1S/C23H23N3O3S/c1-4-13(3)19(26-21(28)15-8-6-7-9-16(15)22(26)29)20(27)25-23-24-17-11-10-14(5-2)12-18(17)30-23/h6-13,19H,4-5H2,1-3H3,(H,24,25,27). The number of carbonyl (C=O) groups excluding carboxylic acids is 3. The molecule has 7 heteroatoms. The lowest BCUT2D eigenvalue weighted by Gasteiger charge is -2.29. The number of imide groups is 1. The second-order valence-electron chi connectivity index (χ2n) is 7.52. The zero-order valence-corrected chi connectivity index (χ0v) is 18.0. The number of anilines is 1. The summed E-state index contributed by atoms with van der Waals surface area (Å²) in [4.78, 5) is 44.8. The minimum atomic E-state index is -0.902. The van der Waals surface area contributed by atoms with Gasteiger partial charge in [-0.3, -0.25) is 19.3 Å². The molecule has 3 amide bonds. The summed E-state index contributed by atoms with van der Waals surface area (Å²) in [5.74, 6) is -1.44. The van der Waals surface area contributed by atoms with Gasteiger partial charge in [-0.25, -0.2) is 4.98 Å². The molecular formula is C23H23N3O3S. The molecule has 1 N–H and O–H groups in total. The van der Waals surface area contributed by atoms with Crippen LogP contribution in [0.3, 0.4) is 0 Å². The average Bonchev–Trinajstić information content (AvgIpc) is 3.26. The zero-order valence-electron chi connectivity index (χ0n) is 17.1. The van der Waals surface area contributed by atoms with E-state index in [0.717, 1.165) is 21.5 Å². The van der Waals surface area contributed by atoms with Gasteiger partial charge in [0.2, 0.25) is 5.91 Å². The van der Waals surface area contributed by atoms with Crippen molar-refractivity contribution in [2.75, 3.05) is 5.32 Å². The third kappa shape index (κ3) is 3.39. The molecular weight excluding hydrogens is 398 g/mol. The smallest absolute Gasteiger partial charge is 0.262 e. The molecule has 0 saturated carbocycles. The maximum atomic E-state index is 13.3. The number of rotatable bonds is 6. The van der Waals surface area contributed by atoms with Crippen LogP contribution in [0.25, 0.3) is 10.2 Å². The number of carbonyl (C=O) groups is 3. The van der Waals surface area contributed by atoms with Crippen molar-refractivity contribution in [3.05, 3.63) is 59.2 Å². The highest BCUT2D eigenvalue weighted by Gasteiger charge is 2.44. The van der Waals surface area contributed by atoms with E-state index in [0.29, 0.717) is 22.7 Å². The first-order valence-electron chi connectivity index (χ1n) is 10.1. The van der Waals surface area contributed by atoms with Crippen LogP contribution in [0, 0.1) is 5.92 Å². The SMILES string of the molecule is CCc1ccc2nc(NC(=O)C(C(C)CC)N3C(=O)c4ccccc4C3=O)sc2c1. The third-order valence-electron chi connectivity index (χ3n) is 5.65. The molecule has 1 aromatic heterocycles. The Labute approximate surface area is 178 Å². The summed E-state index contributed by atoms with van der Waals surface area (Å²) < 4.78 is 0.991. The molecule has 30 heavy (non-hydrogen) atoms. The maximum Gasteiger partial charge on any atom is 0.262 e. The van der Waals surface area contributed by atoms with E-state index in [4.69, 9.17) is 0 Å². The highest BCUT2D eigenvalue weighted by molar-refractivity contribution is 7.22. The number of nitrogens with one attached hydrogen (secondary N) is 1. The van der Waals surface area contributed by atoms with Gasteiger partial charge in [-0.2, -0.15) is 0 Å². The quantitative estimate of drug-likeness (QED) is 0.594. The molecule has 1 aliphatic rings. The molecule has 3 aromatic rings. The first-order valence-corrected chi connectivity index (χ1v) is 10.9. The van der Waals surface area contributed by atoms with E-state index in [1.165, 1.54) is 16.9 Å². The molecule has 1 aliphatic heterocycles. The molecule has 0 bridgehead atoms. The Morgan fingerprint density at radius 1 is 1.10 bits per heavy atom. The molecule has 0 aliphatic carbocycles. The van der Waals surface area contributed by atoms with E-state index in [1.807, 2.05) is 26.0 Å². The van der Waals surface area contributed by atoms with Gasteiger partial charge in [0.1, 0.15) is 6.04 Å². The van der Waals surface area contributed by atoms with Crippen molar-refractivity contribution in [1.29, 1.82) is 0 Å². The van der Waals surface area contributed by atoms with E-state index in [9.17, 15) is 14.4 Å². The van der Waals surface area contributed by atoms with Crippen molar-refractivity contribution in [2.45, 2.75) is 39.7 Å². The molecule has 154 valence electrons. The van der Waals surface area contributed by atoms with E-state index in [1.54, 1.807) is 24.3 Å². The van der Waals surface area contributed by atoms with Gasteiger partial charge in [0, 0.05) is 0 Å². The summed E-state index contributed by atoms with van der Waals surface area (Å²) in [5, 5.41) is 3.32. The fourth-order valence-corrected chi connectivity index (χ4v) is 4.67. The Bertz CT molecular complexity index is 1120. The molecule has 2 aromatic carbocycles. The van der Waals surface area contributed by atoms with E-state index < -0.39 is 23.8 Å². The number of hydrogen-bond acceptors (Lipinski definition) is 5. The van der Waals surface area contributed by atoms with E-state index >= 15 is 0 Å². The summed E-state index contributed by atoms with van der Waals surface area (Å²) in [7, 11) is 0. The number of amides is 3. The lowest BCUT2D eigenvalue weighted by atomic mass is 9.96. The Morgan fingerprint density at radius 3 is 2.37 bits per heavy atom. The second kappa shape index (κ2) is 7.99. The predicted octanol–water partition coefficient (Wildman–Crippen LogP) is 4.51. The largest absolute Gasteiger partial charge is 0.300 e. The molecule has 0 spiro atoms. The van der Waals surface area contributed by atoms with Gasteiger partial charge in [0.05, 0.1) is 21.3 Å². The fourth-order valence-electron chi connectivity index (χ4n) is 3.74. The van der Waals surface area contributed by atoms with Crippen molar-refractivity contribution >= 4 is 44.4 Å². The Hall–Kier alpha value is -3.06. The van der Waals surface area contributed by atoms with Crippen molar-refractivity contribution in [3.63, 3.8) is 0 Å². The van der Waals surface area contributed by atoms with Crippen molar-refractivity contribution in [2.24, 2.45) is 5.92 Å². The van der Waals surface area contributed by atoms with Gasteiger partial charge in [0.25, 0.3) is 11.8 Å². The Morgan fingerprint density at radius 2 is 1.77 bits per heavy atom. The van der Waals surface area contributed by atoms with Crippen LogP contribution in [-0.4, -0.2) is 33.6 Å². The lowest BCUT2D eigenvalue weighted by molar-refractivity contribution is -0.121. The van der Waals surface area contributed by atoms with Crippen LogP contribution in [-0.2, 0) is 11.2 Å². The van der Waals surface area contributed by atoms with Crippen molar-refractivity contribution < 1.29 is 14.4 Å². The summed E-state index contributed by atoms with van der Waals surface area (Å²) in [6.45, 7) is 5.90. The van der Waals surface area contributed by atoms with Crippen LogP contribution in [0.2, 0.25) is 0 Å². The number of aryl methyl sites for hydroxylation is 1. The average molecular weight is 422 g/mol. The minimum Gasteiger partial charge on any atom is -0.300 e. The predicted molar refractivity (Wildman–Crippen MR) is 118 cm³/mol. The van der Waals surface area contributed by atoms with Crippen LogP contribution in [0.1, 0.15) is 53.5 Å². The summed E-state index contributed by atoms with van der Waals surface area (Å²) >= 11 is 1.39. The maximum absolute atomic E-state index is 13.3. The molecule has 4 rings (SSSR count). The van der Waals surface area contributed by atoms with E-state index in [2.05, 4.69) is 23.3 Å². The molecule has 2 heterocycles. The van der Waals surface area contributed by atoms with Gasteiger partial charge < -0.3 is 5.32 Å². The third-order valence-corrected chi connectivity index (χ3v) is 6.58. The second-order valence-corrected chi connectivity index (χ2v) is 8.55. The first kappa shape index (κ1) is 20.2. The Kier molecular flexibility index (Phi) is 5.39. The van der Waals surface area contributed by atoms with Crippen LogP contribution >= 0.6 is 11.3 Å². The number of benzene rings is 2. The summed E-state index contributed by atoms with van der Waals surface area (Å²) in [6, 6.07) is 11.8. The zero-order chi connectivity index (χ0) is 21.4. The highest BCUT2D eigenvalue weighted by Crippen LogP contribution is 2.31. The normalized spacial score (nSPS) is 15.4. The van der Waals surface area contributed by atoms with Crippen LogP contribution < -0.4 is 5.32 Å². The molecule has 2 unspecified atom stereocenters. The molecule has 0 fully saturated rings. The van der Waals surface area contributed by atoms with Crippen molar-refractivity contribution in [1.82, 2.24) is 9.88 Å².